The van der Waals surface area contributed by atoms with Crippen molar-refractivity contribution in [1.29, 1.82) is 0 Å². The lowest BCUT2D eigenvalue weighted by Crippen LogP contribution is -2.17. The largest absolute Gasteiger partial charge is 0.307 e. The molecule has 0 aliphatic carbocycles. The van der Waals surface area contributed by atoms with Crippen LogP contribution in [0, 0.1) is 6.92 Å². The second-order valence-electron chi connectivity index (χ2n) is 5.09. The second-order valence-corrected chi connectivity index (χ2v) is 6.32. The molecule has 0 saturated carbocycles. The fourth-order valence-electron chi connectivity index (χ4n) is 2.61. The van der Waals surface area contributed by atoms with Gasteiger partial charge >= 0.3 is 0 Å². The van der Waals surface area contributed by atoms with Crippen molar-refractivity contribution in [2.24, 2.45) is 0 Å². The first-order valence-corrected chi connectivity index (χ1v) is 8.02. The molecule has 1 N–H and O–H groups in total. The lowest BCUT2D eigenvalue weighted by atomic mass is 10.0. The molecule has 2 aromatic heterocycles. The Hall–Kier alpha value is -1.78. The van der Waals surface area contributed by atoms with E-state index in [0.29, 0.717) is 0 Å². The van der Waals surface area contributed by atoms with Gasteiger partial charge in [0.2, 0.25) is 0 Å². The molecule has 0 spiro atoms. The molecule has 3 rings (SSSR count). The van der Waals surface area contributed by atoms with Crippen LogP contribution in [0.1, 0.15) is 34.1 Å². The van der Waals surface area contributed by atoms with Crippen LogP contribution in [0.15, 0.2) is 36.5 Å². The first-order chi connectivity index (χ1) is 10.2. The third kappa shape index (κ3) is 2.69. The van der Waals surface area contributed by atoms with Crippen LogP contribution in [0.4, 0.5) is 0 Å². The molecule has 0 aliphatic rings. The Morgan fingerprint density at radius 1 is 1.29 bits per heavy atom. The summed E-state index contributed by atoms with van der Waals surface area (Å²) in [5.41, 5.74) is 3.47. The van der Waals surface area contributed by atoms with Crippen molar-refractivity contribution in [2.45, 2.75) is 26.3 Å². The molecule has 1 aromatic carbocycles. The molecule has 1 atom stereocenters. The lowest BCUT2D eigenvalue weighted by molar-refractivity contribution is 0.684. The number of hydrogen-bond acceptors (Lipinski definition) is 4. The molecule has 0 amide bonds. The van der Waals surface area contributed by atoms with E-state index in [1.807, 2.05) is 19.3 Å². The van der Waals surface area contributed by atoms with E-state index in [4.69, 9.17) is 4.98 Å². The molecule has 4 heteroatoms. The number of nitrogens with zero attached hydrogens (tertiary/aromatic N) is 2. The number of hydrogen-bond donors (Lipinski definition) is 1. The highest BCUT2D eigenvalue weighted by molar-refractivity contribution is 7.11. The van der Waals surface area contributed by atoms with Crippen LogP contribution in [-0.4, -0.2) is 17.0 Å². The smallest absolute Gasteiger partial charge is 0.115 e. The maximum atomic E-state index is 4.80. The van der Waals surface area contributed by atoms with Gasteiger partial charge in [0.25, 0.3) is 0 Å². The van der Waals surface area contributed by atoms with Gasteiger partial charge in [-0.1, -0.05) is 19.1 Å². The Morgan fingerprint density at radius 3 is 2.86 bits per heavy atom. The van der Waals surface area contributed by atoms with Crippen molar-refractivity contribution < 1.29 is 0 Å². The monoisotopic (exact) mass is 297 g/mol. The summed E-state index contributed by atoms with van der Waals surface area (Å²) < 4.78 is 0. The van der Waals surface area contributed by atoms with Gasteiger partial charge in [-0.15, -0.1) is 11.3 Å². The Labute approximate surface area is 129 Å². The molecular weight excluding hydrogens is 278 g/mol. The second kappa shape index (κ2) is 5.92. The quantitative estimate of drug-likeness (QED) is 0.794. The van der Waals surface area contributed by atoms with Crippen molar-refractivity contribution >= 4 is 22.2 Å². The van der Waals surface area contributed by atoms with E-state index < -0.39 is 0 Å². The number of rotatable bonds is 4. The number of thiazole rings is 1. The average Bonchev–Trinajstić information content (AvgIpc) is 2.88. The number of fused-ring (bicyclic) bond motifs is 1. The van der Waals surface area contributed by atoms with Gasteiger partial charge in [0, 0.05) is 16.5 Å². The standard InChI is InChI=1S/C17H19N3S/c1-4-14-11(2)21-17(20-14)16(18-3)13-7-8-15-12(10-13)6-5-9-19-15/h5-10,16,18H,4H2,1-3H3. The summed E-state index contributed by atoms with van der Waals surface area (Å²) in [6, 6.07) is 10.6. The third-order valence-electron chi connectivity index (χ3n) is 3.74. The summed E-state index contributed by atoms with van der Waals surface area (Å²) in [7, 11) is 1.99. The highest BCUT2D eigenvalue weighted by Gasteiger charge is 2.18. The Bertz CT molecular complexity index is 764. The molecule has 3 nitrogen and oxygen atoms in total. The number of aromatic nitrogens is 2. The number of pyridine rings is 1. The Kier molecular flexibility index (Phi) is 3.99. The van der Waals surface area contributed by atoms with Gasteiger partial charge in [-0.2, -0.15) is 0 Å². The summed E-state index contributed by atoms with van der Waals surface area (Å²) in [4.78, 5) is 10.5. The predicted molar refractivity (Wildman–Crippen MR) is 88.9 cm³/mol. The molecular formula is C17H19N3S. The maximum absolute atomic E-state index is 4.80. The minimum Gasteiger partial charge on any atom is -0.307 e. The van der Waals surface area contributed by atoms with Crippen LogP contribution >= 0.6 is 11.3 Å². The van der Waals surface area contributed by atoms with Crippen LogP contribution in [0.5, 0.6) is 0 Å². The van der Waals surface area contributed by atoms with Crippen molar-refractivity contribution in [3.63, 3.8) is 0 Å². The lowest BCUT2D eigenvalue weighted by Gasteiger charge is -2.14. The normalized spacial score (nSPS) is 12.7. The van der Waals surface area contributed by atoms with Crippen molar-refractivity contribution in [3.05, 3.63) is 57.7 Å². The molecule has 0 fully saturated rings. The van der Waals surface area contributed by atoms with E-state index in [2.05, 4.69) is 48.4 Å². The van der Waals surface area contributed by atoms with E-state index in [1.54, 1.807) is 11.3 Å². The Balaban J connectivity index is 2.04. The third-order valence-corrected chi connectivity index (χ3v) is 4.82. The first kappa shape index (κ1) is 14.2. The number of nitrogens with one attached hydrogen (secondary N) is 1. The molecule has 108 valence electrons. The average molecular weight is 297 g/mol. The molecule has 0 saturated heterocycles. The Morgan fingerprint density at radius 2 is 2.14 bits per heavy atom. The molecule has 0 radical (unpaired) electrons. The zero-order valence-corrected chi connectivity index (χ0v) is 13.4. The SMILES string of the molecule is CCc1nc(C(NC)c2ccc3ncccc3c2)sc1C. The minimum atomic E-state index is 0.138. The molecule has 0 bridgehead atoms. The summed E-state index contributed by atoms with van der Waals surface area (Å²) in [6.07, 6.45) is 2.82. The zero-order chi connectivity index (χ0) is 14.8. The van der Waals surface area contributed by atoms with Crippen molar-refractivity contribution in [2.75, 3.05) is 7.05 Å². The number of benzene rings is 1. The van der Waals surface area contributed by atoms with Crippen molar-refractivity contribution in [3.8, 4) is 0 Å². The van der Waals surface area contributed by atoms with Gasteiger partial charge < -0.3 is 5.32 Å². The maximum Gasteiger partial charge on any atom is 0.115 e. The molecule has 2 heterocycles. The topological polar surface area (TPSA) is 37.8 Å². The van der Waals surface area contributed by atoms with Gasteiger partial charge in [-0.25, -0.2) is 4.98 Å². The fraction of sp³-hybridized carbons (Fsp3) is 0.294. The first-order valence-electron chi connectivity index (χ1n) is 7.21. The molecule has 0 aliphatic heterocycles. The van der Waals surface area contributed by atoms with Gasteiger partial charge in [0.15, 0.2) is 0 Å². The number of aryl methyl sites for hydroxylation is 2. The van der Waals surface area contributed by atoms with E-state index in [1.165, 1.54) is 21.5 Å². The van der Waals surface area contributed by atoms with Crippen LogP contribution < -0.4 is 5.32 Å². The fourth-order valence-corrected chi connectivity index (χ4v) is 3.76. The predicted octanol–water partition coefficient (Wildman–Crippen LogP) is 3.87. The summed E-state index contributed by atoms with van der Waals surface area (Å²) in [6.45, 7) is 4.30. The molecule has 21 heavy (non-hydrogen) atoms. The zero-order valence-electron chi connectivity index (χ0n) is 12.6. The molecule has 3 aromatic rings. The van der Waals surface area contributed by atoms with Gasteiger partial charge in [0.05, 0.1) is 17.3 Å². The van der Waals surface area contributed by atoms with Gasteiger partial charge in [-0.05, 0) is 44.2 Å². The summed E-state index contributed by atoms with van der Waals surface area (Å²) in [5.74, 6) is 0. The highest BCUT2D eigenvalue weighted by atomic mass is 32.1. The molecule has 1 unspecified atom stereocenters. The van der Waals surface area contributed by atoms with Gasteiger partial charge in [0.1, 0.15) is 5.01 Å². The summed E-state index contributed by atoms with van der Waals surface area (Å²) in [5, 5.41) is 5.69. The van der Waals surface area contributed by atoms with Crippen LogP contribution in [-0.2, 0) is 6.42 Å². The van der Waals surface area contributed by atoms with Gasteiger partial charge in [-0.3, -0.25) is 4.98 Å². The minimum absolute atomic E-state index is 0.138. The van der Waals surface area contributed by atoms with E-state index in [-0.39, 0.29) is 6.04 Å². The van der Waals surface area contributed by atoms with Crippen LogP contribution in [0.3, 0.4) is 0 Å². The van der Waals surface area contributed by atoms with Crippen LogP contribution in [0.25, 0.3) is 10.9 Å². The summed E-state index contributed by atoms with van der Waals surface area (Å²) >= 11 is 1.78. The van der Waals surface area contributed by atoms with E-state index in [9.17, 15) is 0 Å². The van der Waals surface area contributed by atoms with E-state index in [0.717, 1.165) is 16.9 Å². The highest BCUT2D eigenvalue weighted by Crippen LogP contribution is 2.29. The van der Waals surface area contributed by atoms with E-state index >= 15 is 0 Å². The van der Waals surface area contributed by atoms with Crippen molar-refractivity contribution in [1.82, 2.24) is 15.3 Å². The van der Waals surface area contributed by atoms with Crippen LogP contribution in [0.2, 0.25) is 0 Å².